The van der Waals surface area contributed by atoms with Crippen molar-refractivity contribution in [3.05, 3.63) is 59.7 Å². The molecule has 0 aliphatic heterocycles. The Morgan fingerprint density at radius 1 is 0.684 bits per heavy atom. The Labute approximate surface area is 114 Å². The van der Waals surface area contributed by atoms with Crippen molar-refractivity contribution in [3.63, 3.8) is 0 Å². The Morgan fingerprint density at radius 2 is 1.16 bits per heavy atom. The van der Waals surface area contributed by atoms with Gasteiger partial charge in [-0.3, -0.25) is 0 Å². The quantitative estimate of drug-likeness (QED) is 0.628. The highest BCUT2D eigenvalue weighted by Gasteiger charge is 2.54. The topological polar surface area (TPSA) is 0 Å². The Kier molecular flexibility index (Phi) is 1.78. The zero-order valence-electron chi connectivity index (χ0n) is 11.1. The predicted molar refractivity (Wildman–Crippen MR) is 78.1 cm³/mol. The van der Waals surface area contributed by atoms with Gasteiger partial charge < -0.3 is 0 Å². The summed E-state index contributed by atoms with van der Waals surface area (Å²) in [6.45, 7) is 0. The molecule has 3 aliphatic carbocycles. The summed E-state index contributed by atoms with van der Waals surface area (Å²) in [5.41, 5.74) is 6.59. The molecule has 0 N–H and O–H groups in total. The maximum atomic E-state index is 2.39. The first-order valence-electron chi connectivity index (χ1n) is 7.58. The molecule has 2 aromatic rings. The van der Waals surface area contributed by atoms with E-state index in [4.69, 9.17) is 0 Å². The van der Waals surface area contributed by atoms with Crippen LogP contribution >= 0.6 is 0 Å². The lowest BCUT2D eigenvalue weighted by molar-refractivity contribution is 0.219. The van der Waals surface area contributed by atoms with Gasteiger partial charge in [-0.15, -0.1) is 0 Å². The van der Waals surface area contributed by atoms with Crippen molar-refractivity contribution in [3.8, 4) is 11.1 Å². The molecule has 0 amide bonds. The van der Waals surface area contributed by atoms with Gasteiger partial charge in [-0.25, -0.2) is 0 Å². The first-order chi connectivity index (χ1) is 9.38. The molecule has 0 bridgehead atoms. The molecule has 0 heteroatoms. The molecule has 2 aromatic carbocycles. The van der Waals surface area contributed by atoms with Crippen molar-refractivity contribution in [1.29, 1.82) is 0 Å². The van der Waals surface area contributed by atoms with Gasteiger partial charge in [0.1, 0.15) is 0 Å². The van der Waals surface area contributed by atoms with Crippen LogP contribution in [0.3, 0.4) is 0 Å². The van der Waals surface area contributed by atoms with Crippen LogP contribution in [0.2, 0.25) is 0 Å². The molecule has 0 heterocycles. The Morgan fingerprint density at radius 3 is 1.63 bits per heavy atom. The second kappa shape index (κ2) is 3.30. The third-order valence-electron chi connectivity index (χ3n) is 5.97. The van der Waals surface area contributed by atoms with E-state index in [9.17, 15) is 0 Å². The van der Waals surface area contributed by atoms with Crippen molar-refractivity contribution >= 4 is 0 Å². The zero-order valence-corrected chi connectivity index (χ0v) is 11.1. The molecule has 0 radical (unpaired) electrons. The highest BCUT2D eigenvalue weighted by atomic mass is 14.6. The molecule has 2 fully saturated rings. The van der Waals surface area contributed by atoms with Crippen molar-refractivity contribution < 1.29 is 0 Å². The molecule has 5 rings (SSSR count). The third kappa shape index (κ3) is 1.12. The molecular formula is C19H18. The Hall–Kier alpha value is -1.56. The summed E-state index contributed by atoms with van der Waals surface area (Å²) in [4.78, 5) is 0. The van der Waals surface area contributed by atoms with Crippen molar-refractivity contribution in [1.82, 2.24) is 0 Å². The lowest BCUT2D eigenvalue weighted by atomic mass is 9.76. The van der Waals surface area contributed by atoms with E-state index in [-0.39, 0.29) is 0 Å². The minimum atomic E-state index is 0.360. The molecule has 0 aromatic heterocycles. The van der Waals surface area contributed by atoms with Crippen molar-refractivity contribution in [2.75, 3.05) is 0 Å². The molecule has 0 saturated heterocycles. The number of benzene rings is 2. The zero-order chi connectivity index (χ0) is 12.4. The largest absolute Gasteiger partial charge is 0.0619 e. The van der Waals surface area contributed by atoms with Crippen molar-refractivity contribution in [2.45, 2.75) is 31.1 Å². The number of fused-ring (bicyclic) bond motifs is 6. The van der Waals surface area contributed by atoms with Gasteiger partial charge in [-0.1, -0.05) is 48.5 Å². The fourth-order valence-corrected chi connectivity index (χ4v) is 5.01. The number of hydrogen-bond donors (Lipinski definition) is 0. The van der Waals surface area contributed by atoms with Gasteiger partial charge in [0, 0.05) is 5.41 Å². The molecular weight excluding hydrogens is 228 g/mol. The minimum Gasteiger partial charge on any atom is -0.0619 e. The smallest absolute Gasteiger partial charge is 0.0220 e. The average molecular weight is 246 g/mol. The normalized spacial score (nSPS) is 28.6. The first-order valence-corrected chi connectivity index (χ1v) is 7.58. The van der Waals surface area contributed by atoms with Crippen LogP contribution in [0.25, 0.3) is 11.1 Å². The van der Waals surface area contributed by atoms with E-state index in [1.807, 2.05) is 0 Å². The Bertz CT molecular complexity index is 608. The van der Waals surface area contributed by atoms with Crippen LogP contribution in [-0.4, -0.2) is 0 Å². The molecule has 2 atom stereocenters. The van der Waals surface area contributed by atoms with Crippen LogP contribution in [0.5, 0.6) is 0 Å². The summed E-state index contributed by atoms with van der Waals surface area (Å²) in [5, 5.41) is 0. The minimum absolute atomic E-state index is 0.360. The fraction of sp³-hybridized carbons (Fsp3) is 0.368. The van der Waals surface area contributed by atoms with E-state index >= 15 is 0 Å². The van der Waals surface area contributed by atoms with Crippen LogP contribution in [0, 0.1) is 11.8 Å². The first kappa shape index (κ1) is 10.3. The van der Waals surface area contributed by atoms with Gasteiger partial charge in [-0.2, -0.15) is 0 Å². The van der Waals surface area contributed by atoms with Gasteiger partial charge in [0.05, 0.1) is 0 Å². The van der Waals surface area contributed by atoms with Crippen molar-refractivity contribution in [2.24, 2.45) is 11.8 Å². The van der Waals surface area contributed by atoms with Gasteiger partial charge in [0.15, 0.2) is 0 Å². The monoisotopic (exact) mass is 246 g/mol. The van der Waals surface area contributed by atoms with Gasteiger partial charge >= 0.3 is 0 Å². The predicted octanol–water partition coefficient (Wildman–Crippen LogP) is 4.77. The lowest BCUT2D eigenvalue weighted by Gasteiger charge is -2.29. The molecule has 94 valence electrons. The second-order valence-corrected chi connectivity index (χ2v) is 6.68. The van der Waals surface area contributed by atoms with E-state index in [2.05, 4.69) is 48.5 Å². The molecule has 0 nitrogen and oxygen atoms in total. The summed E-state index contributed by atoms with van der Waals surface area (Å²) in [6.07, 6.45) is 5.73. The van der Waals surface area contributed by atoms with E-state index in [1.165, 1.54) is 36.8 Å². The highest BCUT2D eigenvalue weighted by molar-refractivity contribution is 5.81. The average Bonchev–Trinajstić information content (AvgIpc) is 2.88. The van der Waals surface area contributed by atoms with Gasteiger partial charge in [0.2, 0.25) is 0 Å². The maximum Gasteiger partial charge on any atom is 0.0220 e. The third-order valence-corrected chi connectivity index (χ3v) is 5.97. The van der Waals surface area contributed by atoms with Crippen LogP contribution < -0.4 is 0 Å². The molecule has 19 heavy (non-hydrogen) atoms. The van der Waals surface area contributed by atoms with E-state index in [1.54, 1.807) is 11.1 Å². The van der Waals surface area contributed by atoms with Gasteiger partial charge in [0.25, 0.3) is 0 Å². The van der Waals surface area contributed by atoms with E-state index in [0.717, 1.165) is 11.8 Å². The van der Waals surface area contributed by atoms with Gasteiger partial charge in [-0.05, 0) is 59.8 Å². The summed E-state index contributed by atoms with van der Waals surface area (Å²) in [5.74, 6) is 2.00. The maximum absolute atomic E-state index is 2.39. The molecule has 1 spiro atoms. The van der Waals surface area contributed by atoms with Crippen LogP contribution in [-0.2, 0) is 5.41 Å². The number of rotatable bonds is 0. The summed E-state index contributed by atoms with van der Waals surface area (Å²) in [7, 11) is 0. The Balaban J connectivity index is 1.82. The fourth-order valence-electron chi connectivity index (χ4n) is 5.01. The SMILES string of the molecule is c1ccc2c(c1)-c1ccccc1C21C[C@@H]2CC[C@H]2C1. The highest BCUT2D eigenvalue weighted by Crippen LogP contribution is 2.63. The molecule has 3 aliphatic rings. The van der Waals surface area contributed by atoms with Crippen LogP contribution in [0.1, 0.15) is 36.8 Å². The van der Waals surface area contributed by atoms with E-state index < -0.39 is 0 Å². The lowest BCUT2D eigenvalue weighted by Crippen LogP contribution is -2.21. The summed E-state index contributed by atoms with van der Waals surface area (Å²) < 4.78 is 0. The second-order valence-electron chi connectivity index (χ2n) is 6.68. The van der Waals surface area contributed by atoms with Crippen LogP contribution in [0.15, 0.2) is 48.5 Å². The molecule has 2 saturated carbocycles. The standard InChI is InChI=1S/C19H18/c1-3-7-17-15(5-1)16-6-2-4-8-18(16)19(17)11-13-9-10-14(13)12-19/h1-8,13-14H,9-12H2/t13-,14-/m0/s1. The summed E-state index contributed by atoms with van der Waals surface area (Å²) in [6, 6.07) is 18.3. The number of hydrogen-bond acceptors (Lipinski definition) is 0. The summed E-state index contributed by atoms with van der Waals surface area (Å²) >= 11 is 0. The van der Waals surface area contributed by atoms with Crippen LogP contribution in [0.4, 0.5) is 0 Å². The van der Waals surface area contributed by atoms with E-state index in [0.29, 0.717) is 5.41 Å². The molecule has 0 unspecified atom stereocenters.